The first kappa shape index (κ1) is 17.8. The number of halogens is 1. The highest BCUT2D eigenvalue weighted by molar-refractivity contribution is 7.93. The molecular weight excluding hydrogens is 358 g/mol. The van der Waals surface area contributed by atoms with Gasteiger partial charge in [-0.2, -0.15) is 0 Å². The predicted octanol–water partition coefficient (Wildman–Crippen LogP) is 3.16. The monoisotopic (exact) mass is 373 g/mol. The number of rotatable bonds is 4. The van der Waals surface area contributed by atoms with Crippen LogP contribution in [0, 0.1) is 13.8 Å². The van der Waals surface area contributed by atoms with Gasteiger partial charge in [0, 0.05) is 6.26 Å². The maximum Gasteiger partial charge on any atom is 0.261 e. The maximum atomic E-state index is 12.5. The molecule has 0 radical (unpaired) electrons. The summed E-state index contributed by atoms with van der Waals surface area (Å²) in [5.41, 5.74) is 1.71. The molecule has 0 saturated heterocycles. The highest BCUT2D eigenvalue weighted by Gasteiger charge is 2.22. The highest BCUT2D eigenvalue weighted by atomic mass is 35.5. The van der Waals surface area contributed by atoms with Crippen LogP contribution in [0.2, 0.25) is 5.02 Å². The van der Waals surface area contributed by atoms with E-state index in [-0.39, 0.29) is 20.5 Å². The Morgan fingerprint density at radius 2 is 1.61 bits per heavy atom. The third-order valence-electron chi connectivity index (χ3n) is 3.37. The van der Waals surface area contributed by atoms with Crippen LogP contribution in [0.4, 0.5) is 5.69 Å². The van der Waals surface area contributed by atoms with E-state index in [1.54, 1.807) is 13.0 Å². The molecule has 2 rings (SSSR count). The Morgan fingerprint density at radius 3 is 2.17 bits per heavy atom. The summed E-state index contributed by atoms with van der Waals surface area (Å²) in [5, 5.41) is -0.0345. The minimum atomic E-state index is -3.93. The van der Waals surface area contributed by atoms with Crippen molar-refractivity contribution in [3.63, 3.8) is 0 Å². The molecule has 0 fully saturated rings. The Labute approximate surface area is 141 Å². The summed E-state index contributed by atoms with van der Waals surface area (Å²) < 4.78 is 51.1. The van der Waals surface area contributed by atoms with Gasteiger partial charge in [-0.15, -0.1) is 0 Å². The van der Waals surface area contributed by atoms with Gasteiger partial charge in [0.1, 0.15) is 4.90 Å². The first-order chi connectivity index (χ1) is 10.5. The summed E-state index contributed by atoms with van der Waals surface area (Å²) in [7, 11) is -7.62. The van der Waals surface area contributed by atoms with Crippen LogP contribution >= 0.6 is 11.6 Å². The van der Waals surface area contributed by atoms with Gasteiger partial charge in [0.15, 0.2) is 9.84 Å². The standard InChI is InChI=1S/C15H16ClNO4S2/c1-10-7-8-12(9-11(10)2)23(20,21)17-14-6-4-5-13(16)15(14)22(3,18)19/h4-9,17H,1-3H3. The molecular formula is C15H16ClNO4S2. The summed E-state index contributed by atoms with van der Waals surface area (Å²) in [6.45, 7) is 3.67. The molecule has 5 nitrogen and oxygen atoms in total. The van der Waals surface area contributed by atoms with Crippen LogP contribution in [-0.4, -0.2) is 23.1 Å². The van der Waals surface area contributed by atoms with Gasteiger partial charge in [-0.05, 0) is 49.2 Å². The fourth-order valence-corrected chi connectivity index (χ4v) is 4.81. The van der Waals surface area contributed by atoms with Gasteiger partial charge in [-0.25, -0.2) is 16.8 Å². The van der Waals surface area contributed by atoms with E-state index in [4.69, 9.17) is 11.6 Å². The molecule has 0 aliphatic rings. The van der Waals surface area contributed by atoms with E-state index in [1.165, 1.54) is 30.3 Å². The SMILES string of the molecule is Cc1ccc(S(=O)(=O)Nc2cccc(Cl)c2S(C)(=O)=O)cc1C. The van der Waals surface area contributed by atoms with Crippen molar-refractivity contribution in [2.45, 2.75) is 23.6 Å². The van der Waals surface area contributed by atoms with Crippen molar-refractivity contribution in [2.24, 2.45) is 0 Å². The second-order valence-electron chi connectivity index (χ2n) is 5.24. The molecule has 0 amide bonds. The van der Waals surface area contributed by atoms with Crippen molar-refractivity contribution in [2.75, 3.05) is 11.0 Å². The van der Waals surface area contributed by atoms with E-state index in [0.29, 0.717) is 0 Å². The Balaban J connectivity index is 2.54. The Kier molecular flexibility index (Phi) is 4.75. The zero-order valence-electron chi connectivity index (χ0n) is 12.8. The minimum absolute atomic E-state index is 0.0345. The van der Waals surface area contributed by atoms with Crippen LogP contribution in [0.3, 0.4) is 0 Å². The lowest BCUT2D eigenvalue weighted by Crippen LogP contribution is -2.16. The summed E-state index contributed by atoms with van der Waals surface area (Å²) in [6, 6.07) is 8.93. The molecule has 0 atom stereocenters. The lowest BCUT2D eigenvalue weighted by molar-refractivity contribution is 0.601. The molecule has 0 bridgehead atoms. The minimum Gasteiger partial charge on any atom is -0.278 e. The third-order valence-corrected chi connectivity index (χ3v) is 6.34. The van der Waals surface area contributed by atoms with Gasteiger partial charge in [-0.3, -0.25) is 4.72 Å². The molecule has 0 heterocycles. The molecule has 2 aromatic carbocycles. The molecule has 0 aromatic heterocycles. The average Bonchev–Trinajstić information content (AvgIpc) is 2.39. The van der Waals surface area contributed by atoms with Gasteiger partial charge in [-0.1, -0.05) is 23.7 Å². The van der Waals surface area contributed by atoms with Crippen molar-refractivity contribution < 1.29 is 16.8 Å². The molecule has 0 aliphatic heterocycles. The van der Waals surface area contributed by atoms with E-state index < -0.39 is 19.9 Å². The van der Waals surface area contributed by atoms with E-state index >= 15 is 0 Å². The Morgan fingerprint density at radius 1 is 0.957 bits per heavy atom. The topological polar surface area (TPSA) is 80.3 Å². The van der Waals surface area contributed by atoms with Crippen molar-refractivity contribution in [1.29, 1.82) is 0 Å². The van der Waals surface area contributed by atoms with Gasteiger partial charge in [0.2, 0.25) is 0 Å². The zero-order valence-corrected chi connectivity index (χ0v) is 15.2. The second-order valence-corrected chi connectivity index (χ2v) is 9.28. The number of anilines is 1. The molecule has 0 spiro atoms. The highest BCUT2D eigenvalue weighted by Crippen LogP contribution is 2.31. The number of hydrogen-bond acceptors (Lipinski definition) is 4. The quantitative estimate of drug-likeness (QED) is 0.892. The fourth-order valence-electron chi connectivity index (χ4n) is 2.05. The van der Waals surface area contributed by atoms with Crippen molar-refractivity contribution in [1.82, 2.24) is 0 Å². The van der Waals surface area contributed by atoms with Crippen LogP contribution in [0.1, 0.15) is 11.1 Å². The van der Waals surface area contributed by atoms with E-state index in [9.17, 15) is 16.8 Å². The number of sulfone groups is 1. The van der Waals surface area contributed by atoms with Crippen LogP contribution in [-0.2, 0) is 19.9 Å². The summed E-state index contributed by atoms with van der Waals surface area (Å²) >= 11 is 5.92. The molecule has 0 unspecified atom stereocenters. The molecule has 0 saturated carbocycles. The van der Waals surface area contributed by atoms with Crippen molar-refractivity contribution in [3.8, 4) is 0 Å². The number of nitrogens with one attached hydrogen (secondary N) is 1. The molecule has 8 heteroatoms. The van der Waals surface area contributed by atoms with Gasteiger partial charge in [0.05, 0.1) is 15.6 Å². The number of aryl methyl sites for hydroxylation is 2. The van der Waals surface area contributed by atoms with E-state index in [0.717, 1.165) is 17.4 Å². The predicted molar refractivity (Wildman–Crippen MR) is 91.3 cm³/mol. The van der Waals surface area contributed by atoms with Gasteiger partial charge >= 0.3 is 0 Å². The first-order valence-electron chi connectivity index (χ1n) is 6.61. The second kappa shape index (κ2) is 6.14. The van der Waals surface area contributed by atoms with Crippen LogP contribution < -0.4 is 4.72 Å². The fraction of sp³-hybridized carbons (Fsp3) is 0.200. The van der Waals surface area contributed by atoms with Crippen molar-refractivity contribution >= 4 is 37.1 Å². The normalized spacial score (nSPS) is 12.2. The number of benzene rings is 2. The van der Waals surface area contributed by atoms with E-state index in [2.05, 4.69) is 4.72 Å². The van der Waals surface area contributed by atoms with Gasteiger partial charge in [0.25, 0.3) is 10.0 Å². The summed E-state index contributed by atoms with van der Waals surface area (Å²) in [5.74, 6) is 0. The number of sulfonamides is 1. The maximum absolute atomic E-state index is 12.5. The Bertz CT molecular complexity index is 967. The lowest BCUT2D eigenvalue weighted by Gasteiger charge is -2.13. The van der Waals surface area contributed by atoms with Crippen LogP contribution in [0.15, 0.2) is 46.2 Å². The average molecular weight is 374 g/mol. The summed E-state index contributed by atoms with van der Waals surface area (Å²) in [6.07, 6.45) is 0.974. The van der Waals surface area contributed by atoms with Crippen molar-refractivity contribution in [3.05, 3.63) is 52.5 Å². The number of hydrogen-bond donors (Lipinski definition) is 1. The van der Waals surface area contributed by atoms with Crippen LogP contribution in [0.5, 0.6) is 0 Å². The smallest absolute Gasteiger partial charge is 0.261 e. The van der Waals surface area contributed by atoms with Crippen LogP contribution in [0.25, 0.3) is 0 Å². The first-order valence-corrected chi connectivity index (χ1v) is 10.4. The Hall–Kier alpha value is -1.57. The molecule has 23 heavy (non-hydrogen) atoms. The molecule has 1 N–H and O–H groups in total. The summed E-state index contributed by atoms with van der Waals surface area (Å²) in [4.78, 5) is -0.186. The molecule has 0 aliphatic carbocycles. The lowest BCUT2D eigenvalue weighted by atomic mass is 10.1. The largest absolute Gasteiger partial charge is 0.278 e. The zero-order chi connectivity index (χ0) is 17.4. The third kappa shape index (κ3) is 3.85. The van der Waals surface area contributed by atoms with Gasteiger partial charge < -0.3 is 0 Å². The molecule has 124 valence electrons. The van der Waals surface area contributed by atoms with E-state index in [1.807, 2.05) is 6.92 Å². The molecule has 2 aromatic rings.